The average molecular weight is 315 g/mol. The number of hydrogen-bond acceptors (Lipinski definition) is 4. The van der Waals surface area contributed by atoms with Crippen molar-refractivity contribution in [1.29, 1.82) is 0 Å². The molecule has 0 unspecified atom stereocenters. The van der Waals surface area contributed by atoms with E-state index in [9.17, 15) is 0 Å². The minimum absolute atomic E-state index is 0.0248. The van der Waals surface area contributed by atoms with Crippen LogP contribution in [0, 0.1) is 6.92 Å². The maximum atomic E-state index is 9.10. The zero-order chi connectivity index (χ0) is 15.8. The Labute approximate surface area is 136 Å². The van der Waals surface area contributed by atoms with E-state index in [0.29, 0.717) is 11.8 Å². The summed E-state index contributed by atoms with van der Waals surface area (Å²) in [5.74, 6) is 2.78. The van der Waals surface area contributed by atoms with Crippen molar-refractivity contribution in [3.05, 3.63) is 40.9 Å². The van der Waals surface area contributed by atoms with Gasteiger partial charge in [0.25, 0.3) is 0 Å². The van der Waals surface area contributed by atoms with Crippen molar-refractivity contribution in [1.82, 2.24) is 14.5 Å². The minimum Gasteiger partial charge on any atom is -0.462 e. The smallest absolute Gasteiger partial charge is 0.129 e. The van der Waals surface area contributed by atoms with Crippen molar-refractivity contribution in [2.75, 3.05) is 13.1 Å². The van der Waals surface area contributed by atoms with Crippen LogP contribution in [0.3, 0.4) is 0 Å². The van der Waals surface area contributed by atoms with Gasteiger partial charge in [-0.05, 0) is 51.2 Å². The summed E-state index contributed by atoms with van der Waals surface area (Å²) in [4.78, 5) is 7.26. The van der Waals surface area contributed by atoms with Gasteiger partial charge in [-0.3, -0.25) is 4.90 Å². The topological polar surface area (TPSA) is 54.4 Å². The van der Waals surface area contributed by atoms with Gasteiger partial charge in [-0.25, -0.2) is 4.98 Å². The number of fused-ring (bicyclic) bond motifs is 1. The Morgan fingerprint density at radius 1 is 1.26 bits per heavy atom. The zero-order valence-electron chi connectivity index (χ0n) is 13.8. The Morgan fingerprint density at radius 2 is 2.09 bits per heavy atom. The summed E-state index contributed by atoms with van der Waals surface area (Å²) in [7, 11) is 0. The van der Waals surface area contributed by atoms with Crippen LogP contribution in [0.2, 0.25) is 0 Å². The molecule has 1 aliphatic heterocycles. The second kappa shape index (κ2) is 6.13. The van der Waals surface area contributed by atoms with Gasteiger partial charge in [-0.15, -0.1) is 0 Å². The number of likely N-dealkylation sites (tertiary alicyclic amines) is 1. The number of nitrogens with zero attached hydrogens (tertiary/aromatic N) is 3. The van der Waals surface area contributed by atoms with Crippen molar-refractivity contribution < 1.29 is 9.52 Å². The van der Waals surface area contributed by atoms with Gasteiger partial charge in [0.15, 0.2) is 0 Å². The lowest BCUT2D eigenvalue weighted by Crippen LogP contribution is -2.22. The third-order valence-corrected chi connectivity index (χ3v) is 5.21. The lowest BCUT2D eigenvalue weighted by Gasteiger charge is -2.21. The van der Waals surface area contributed by atoms with E-state index in [0.717, 1.165) is 31.8 Å². The molecule has 1 aliphatic carbocycles. The molecule has 1 fully saturated rings. The van der Waals surface area contributed by atoms with E-state index in [1.54, 1.807) is 0 Å². The van der Waals surface area contributed by atoms with Gasteiger partial charge < -0.3 is 14.1 Å². The van der Waals surface area contributed by atoms with Gasteiger partial charge in [-0.2, -0.15) is 0 Å². The average Bonchev–Trinajstić information content (AvgIpc) is 3.25. The van der Waals surface area contributed by atoms with Crippen molar-refractivity contribution >= 4 is 0 Å². The molecule has 0 spiro atoms. The van der Waals surface area contributed by atoms with E-state index in [-0.39, 0.29) is 6.61 Å². The molecule has 3 heterocycles. The molecule has 0 amide bonds. The number of aryl methyl sites for hydroxylation is 2. The lowest BCUT2D eigenvalue weighted by molar-refractivity contribution is 0.231. The second-order valence-corrected chi connectivity index (χ2v) is 6.83. The summed E-state index contributed by atoms with van der Waals surface area (Å²) in [6.45, 7) is 5.10. The highest BCUT2D eigenvalue weighted by Gasteiger charge is 2.29. The molecular weight excluding hydrogens is 290 g/mol. The van der Waals surface area contributed by atoms with E-state index in [1.807, 2.05) is 12.1 Å². The highest BCUT2D eigenvalue weighted by Crippen LogP contribution is 2.30. The normalized spacial score (nSPS) is 21.7. The number of aliphatic hydroxyl groups is 1. The molecule has 23 heavy (non-hydrogen) atoms. The predicted octanol–water partition coefficient (Wildman–Crippen LogP) is 2.60. The van der Waals surface area contributed by atoms with E-state index in [4.69, 9.17) is 14.5 Å². The van der Waals surface area contributed by atoms with E-state index in [1.165, 1.54) is 42.9 Å². The Balaban J connectivity index is 1.47. The molecule has 2 aromatic heterocycles. The van der Waals surface area contributed by atoms with Crippen LogP contribution in [0.1, 0.15) is 54.0 Å². The first-order valence-corrected chi connectivity index (χ1v) is 8.72. The fourth-order valence-corrected chi connectivity index (χ4v) is 4.16. The Bertz CT molecular complexity index is 688. The summed E-state index contributed by atoms with van der Waals surface area (Å²) in [5, 5.41) is 9.10. The molecule has 1 saturated heterocycles. The van der Waals surface area contributed by atoms with E-state index < -0.39 is 0 Å². The first-order chi connectivity index (χ1) is 11.2. The molecule has 0 saturated carbocycles. The fraction of sp³-hybridized carbons (Fsp3) is 0.611. The largest absolute Gasteiger partial charge is 0.462 e. The number of imidazole rings is 1. The Hall–Kier alpha value is -1.59. The van der Waals surface area contributed by atoms with Crippen LogP contribution in [0.25, 0.3) is 0 Å². The number of furan rings is 1. The van der Waals surface area contributed by atoms with Crippen molar-refractivity contribution in [3.8, 4) is 0 Å². The first-order valence-electron chi connectivity index (χ1n) is 8.72. The van der Waals surface area contributed by atoms with Gasteiger partial charge >= 0.3 is 0 Å². The van der Waals surface area contributed by atoms with Crippen LogP contribution in [0.15, 0.2) is 16.5 Å². The van der Waals surface area contributed by atoms with Crippen molar-refractivity contribution in [2.45, 2.75) is 58.2 Å². The summed E-state index contributed by atoms with van der Waals surface area (Å²) in [6, 6.07) is 4.37. The minimum atomic E-state index is -0.0248. The molecule has 2 aliphatic rings. The number of aromatic nitrogens is 2. The standard InChI is InChI=1S/C18H25N3O2/c1-13-19-17-4-2-3-5-18(17)21(13)14-8-9-20(10-14)11-15-6-7-16(12-22)23-15/h6-7,14,22H,2-5,8-12H2,1H3/t14-/m0/s1. The molecule has 5 heteroatoms. The van der Waals surface area contributed by atoms with Crippen LogP contribution in [-0.4, -0.2) is 32.6 Å². The van der Waals surface area contributed by atoms with Gasteiger partial charge in [0, 0.05) is 24.8 Å². The van der Waals surface area contributed by atoms with Gasteiger partial charge in [-0.1, -0.05) is 0 Å². The zero-order valence-corrected chi connectivity index (χ0v) is 13.8. The van der Waals surface area contributed by atoms with Gasteiger partial charge in [0.2, 0.25) is 0 Å². The molecule has 0 bridgehead atoms. The highest BCUT2D eigenvalue weighted by atomic mass is 16.4. The van der Waals surface area contributed by atoms with Crippen LogP contribution >= 0.6 is 0 Å². The molecule has 2 aromatic rings. The quantitative estimate of drug-likeness (QED) is 0.942. The third-order valence-electron chi connectivity index (χ3n) is 5.21. The predicted molar refractivity (Wildman–Crippen MR) is 87.2 cm³/mol. The van der Waals surface area contributed by atoms with Gasteiger partial charge in [0.1, 0.15) is 24.0 Å². The second-order valence-electron chi connectivity index (χ2n) is 6.83. The highest BCUT2D eigenvalue weighted by molar-refractivity contribution is 5.21. The van der Waals surface area contributed by atoms with Crippen LogP contribution in [0.4, 0.5) is 0 Å². The summed E-state index contributed by atoms with van der Waals surface area (Å²) >= 11 is 0. The molecule has 4 rings (SSSR count). The molecule has 0 aromatic carbocycles. The fourth-order valence-electron chi connectivity index (χ4n) is 4.16. The summed E-state index contributed by atoms with van der Waals surface area (Å²) < 4.78 is 8.13. The molecule has 5 nitrogen and oxygen atoms in total. The summed E-state index contributed by atoms with van der Waals surface area (Å²) in [5.41, 5.74) is 2.83. The lowest BCUT2D eigenvalue weighted by atomic mass is 10.0. The van der Waals surface area contributed by atoms with Crippen molar-refractivity contribution in [2.24, 2.45) is 0 Å². The van der Waals surface area contributed by atoms with E-state index >= 15 is 0 Å². The number of hydrogen-bond donors (Lipinski definition) is 1. The van der Waals surface area contributed by atoms with Crippen LogP contribution in [0.5, 0.6) is 0 Å². The maximum Gasteiger partial charge on any atom is 0.129 e. The van der Waals surface area contributed by atoms with E-state index in [2.05, 4.69) is 16.4 Å². The van der Waals surface area contributed by atoms with Crippen LogP contribution < -0.4 is 0 Å². The molecular formula is C18H25N3O2. The Morgan fingerprint density at radius 3 is 2.91 bits per heavy atom. The SMILES string of the molecule is Cc1nc2c(n1[C@H]1CCN(Cc3ccc(CO)o3)C1)CCCC2. The molecule has 124 valence electrons. The third kappa shape index (κ3) is 2.83. The monoisotopic (exact) mass is 315 g/mol. The maximum absolute atomic E-state index is 9.10. The summed E-state index contributed by atoms with van der Waals surface area (Å²) in [6.07, 6.45) is 6.09. The first kappa shape index (κ1) is 15.0. The molecule has 1 N–H and O–H groups in total. The molecule has 0 radical (unpaired) electrons. The Kier molecular flexibility index (Phi) is 3.99. The number of rotatable bonds is 4. The number of aliphatic hydroxyl groups excluding tert-OH is 1. The van der Waals surface area contributed by atoms with Gasteiger partial charge in [0.05, 0.1) is 12.2 Å². The molecule has 1 atom stereocenters. The van der Waals surface area contributed by atoms with Crippen LogP contribution in [-0.2, 0) is 26.0 Å². The van der Waals surface area contributed by atoms with Crippen molar-refractivity contribution in [3.63, 3.8) is 0 Å².